The molecule has 28 heavy (non-hydrogen) atoms. The van der Waals surface area contributed by atoms with Crippen LogP contribution in [0.2, 0.25) is 0 Å². The number of nitrogens with zero attached hydrogens (tertiary/aromatic N) is 1. The average Bonchev–Trinajstić information content (AvgIpc) is 2.67. The van der Waals surface area contributed by atoms with Crippen molar-refractivity contribution in [2.24, 2.45) is 0 Å². The molecule has 0 fully saturated rings. The second-order valence-electron chi connectivity index (χ2n) is 5.28. The van der Waals surface area contributed by atoms with Crippen LogP contribution < -0.4 is 10.0 Å². The first-order valence-corrected chi connectivity index (χ1v) is 9.07. The summed E-state index contributed by atoms with van der Waals surface area (Å²) in [5, 5.41) is 13.0. The molecule has 0 spiro atoms. The number of carbonyl (C=O) groups excluding carboxylic acids is 2. The first-order chi connectivity index (χ1) is 13.1. The maximum atomic E-state index is 13.1. The second kappa shape index (κ2) is 8.54. The number of sulfonamides is 1. The Balaban J connectivity index is 2.05. The number of esters is 1. The molecule has 0 heterocycles. The minimum absolute atomic E-state index is 0.114. The van der Waals surface area contributed by atoms with Crippen LogP contribution in [-0.2, 0) is 19.6 Å². The van der Waals surface area contributed by atoms with Crippen molar-refractivity contribution in [2.75, 3.05) is 19.0 Å². The van der Waals surface area contributed by atoms with E-state index >= 15 is 0 Å². The van der Waals surface area contributed by atoms with Crippen molar-refractivity contribution in [3.8, 4) is 0 Å². The van der Waals surface area contributed by atoms with Gasteiger partial charge in [0, 0.05) is 0 Å². The van der Waals surface area contributed by atoms with E-state index in [1.165, 1.54) is 25.2 Å². The minimum Gasteiger partial charge on any atom is -0.452 e. The molecule has 2 aromatic carbocycles. The van der Waals surface area contributed by atoms with Crippen molar-refractivity contribution in [1.29, 1.82) is 0 Å². The quantitative estimate of drug-likeness (QED) is 0.398. The fourth-order valence-corrected chi connectivity index (χ4v) is 2.85. The summed E-state index contributed by atoms with van der Waals surface area (Å²) in [6.07, 6.45) is 0. The molecule has 0 aromatic heterocycles. The number of hydrogen-bond donors (Lipinski definition) is 2. The zero-order valence-corrected chi connectivity index (χ0v) is 15.2. The SMILES string of the molecule is CNS(=O)(=O)c1cccc(C(=O)OCC(=O)Nc2ccc(F)cc2[N+](=O)[O-])c1. The maximum absolute atomic E-state index is 13.1. The molecule has 0 atom stereocenters. The van der Waals surface area contributed by atoms with E-state index in [-0.39, 0.29) is 16.1 Å². The molecule has 0 aliphatic rings. The molecule has 0 bridgehead atoms. The zero-order chi connectivity index (χ0) is 20.9. The highest BCUT2D eigenvalue weighted by atomic mass is 32.2. The number of rotatable bonds is 7. The second-order valence-corrected chi connectivity index (χ2v) is 7.16. The van der Waals surface area contributed by atoms with Gasteiger partial charge in [0.05, 0.1) is 21.4 Å². The monoisotopic (exact) mass is 411 g/mol. The van der Waals surface area contributed by atoms with Crippen molar-refractivity contribution in [2.45, 2.75) is 4.90 Å². The van der Waals surface area contributed by atoms with Gasteiger partial charge in [0.25, 0.3) is 11.6 Å². The number of ether oxygens (including phenoxy) is 1. The topological polar surface area (TPSA) is 145 Å². The number of nitro benzene ring substituents is 1. The Hall–Kier alpha value is -3.38. The molecule has 12 heteroatoms. The standard InChI is InChI=1S/C16H14FN3O7S/c1-18-28(25,26)12-4-2-3-10(7-12)16(22)27-9-15(21)19-13-6-5-11(17)8-14(13)20(23)24/h2-8,18H,9H2,1H3,(H,19,21). The van der Waals surface area contributed by atoms with E-state index in [1.54, 1.807) is 0 Å². The van der Waals surface area contributed by atoms with Gasteiger partial charge >= 0.3 is 5.97 Å². The molecule has 0 saturated heterocycles. The van der Waals surface area contributed by atoms with Gasteiger partial charge < -0.3 is 10.1 Å². The third kappa shape index (κ3) is 5.08. The predicted octanol–water partition coefficient (Wildman–Crippen LogP) is 1.44. The fourth-order valence-electron chi connectivity index (χ4n) is 2.07. The summed E-state index contributed by atoms with van der Waals surface area (Å²) < 4.78 is 43.5. The van der Waals surface area contributed by atoms with Crippen LogP contribution in [0.1, 0.15) is 10.4 Å². The summed E-state index contributed by atoms with van der Waals surface area (Å²) in [7, 11) is -2.57. The molecule has 0 aliphatic carbocycles. The number of carbonyl (C=O) groups is 2. The molecule has 0 aliphatic heterocycles. The van der Waals surface area contributed by atoms with Crippen molar-refractivity contribution in [3.63, 3.8) is 0 Å². The lowest BCUT2D eigenvalue weighted by molar-refractivity contribution is -0.384. The molecule has 0 saturated carbocycles. The van der Waals surface area contributed by atoms with E-state index in [2.05, 4.69) is 10.0 Å². The number of benzene rings is 2. The van der Waals surface area contributed by atoms with Gasteiger partial charge in [-0.1, -0.05) is 6.07 Å². The Morgan fingerprint density at radius 1 is 1.21 bits per heavy atom. The van der Waals surface area contributed by atoms with Crippen LogP contribution >= 0.6 is 0 Å². The van der Waals surface area contributed by atoms with Crippen molar-refractivity contribution in [3.05, 3.63) is 64.0 Å². The van der Waals surface area contributed by atoms with Crippen molar-refractivity contribution < 1.29 is 32.1 Å². The van der Waals surface area contributed by atoms with Gasteiger partial charge in [-0.3, -0.25) is 14.9 Å². The number of nitro groups is 1. The molecular formula is C16H14FN3O7S. The highest BCUT2D eigenvalue weighted by molar-refractivity contribution is 7.89. The first kappa shape index (κ1) is 20.9. The fraction of sp³-hybridized carbons (Fsp3) is 0.125. The number of halogens is 1. The first-order valence-electron chi connectivity index (χ1n) is 7.58. The Bertz CT molecular complexity index is 1040. The number of anilines is 1. The molecule has 10 nitrogen and oxygen atoms in total. The van der Waals surface area contributed by atoms with E-state index in [0.717, 1.165) is 18.2 Å². The zero-order valence-electron chi connectivity index (χ0n) is 14.3. The van der Waals surface area contributed by atoms with E-state index in [1.807, 2.05) is 0 Å². The van der Waals surface area contributed by atoms with Gasteiger partial charge in [0.2, 0.25) is 10.0 Å². The van der Waals surface area contributed by atoms with Crippen LogP contribution in [0.15, 0.2) is 47.4 Å². The van der Waals surface area contributed by atoms with Gasteiger partial charge in [0.15, 0.2) is 6.61 Å². The number of hydrogen-bond acceptors (Lipinski definition) is 7. The Morgan fingerprint density at radius 3 is 2.57 bits per heavy atom. The van der Waals surface area contributed by atoms with Crippen molar-refractivity contribution >= 4 is 33.3 Å². The van der Waals surface area contributed by atoms with E-state index in [0.29, 0.717) is 6.07 Å². The normalized spacial score (nSPS) is 10.9. The summed E-state index contributed by atoms with van der Waals surface area (Å²) in [6, 6.07) is 7.50. The maximum Gasteiger partial charge on any atom is 0.338 e. The van der Waals surface area contributed by atoms with E-state index in [9.17, 15) is 32.5 Å². The van der Waals surface area contributed by atoms with Crippen LogP contribution in [0.5, 0.6) is 0 Å². The van der Waals surface area contributed by atoms with Gasteiger partial charge in [-0.25, -0.2) is 22.3 Å². The average molecular weight is 411 g/mol. The minimum atomic E-state index is -3.77. The van der Waals surface area contributed by atoms with Crippen LogP contribution in [0.3, 0.4) is 0 Å². The summed E-state index contributed by atoms with van der Waals surface area (Å²) in [5.74, 6) is -2.73. The third-order valence-electron chi connectivity index (χ3n) is 3.41. The highest BCUT2D eigenvalue weighted by Gasteiger charge is 2.19. The lowest BCUT2D eigenvalue weighted by atomic mass is 10.2. The number of amides is 1. The lowest BCUT2D eigenvalue weighted by Gasteiger charge is -2.08. The van der Waals surface area contributed by atoms with E-state index < -0.39 is 44.9 Å². The summed E-state index contributed by atoms with van der Waals surface area (Å²) in [5.41, 5.74) is -1.05. The number of nitrogens with one attached hydrogen (secondary N) is 2. The van der Waals surface area contributed by atoms with Crippen LogP contribution in [0.4, 0.5) is 15.8 Å². The summed E-state index contributed by atoms with van der Waals surface area (Å²) in [6.45, 7) is -0.795. The van der Waals surface area contributed by atoms with Crippen LogP contribution in [-0.4, -0.2) is 38.9 Å². The Morgan fingerprint density at radius 2 is 1.93 bits per heavy atom. The molecule has 0 unspecified atom stereocenters. The smallest absolute Gasteiger partial charge is 0.338 e. The van der Waals surface area contributed by atoms with Gasteiger partial charge in [-0.15, -0.1) is 0 Å². The summed E-state index contributed by atoms with van der Waals surface area (Å²) >= 11 is 0. The molecule has 0 radical (unpaired) electrons. The Kier molecular flexibility index (Phi) is 6.38. The lowest BCUT2D eigenvalue weighted by Crippen LogP contribution is -2.22. The largest absolute Gasteiger partial charge is 0.452 e. The Labute approximate surface area is 158 Å². The van der Waals surface area contributed by atoms with E-state index in [4.69, 9.17) is 4.74 Å². The molecule has 2 N–H and O–H groups in total. The third-order valence-corrected chi connectivity index (χ3v) is 4.83. The van der Waals surface area contributed by atoms with Crippen molar-refractivity contribution in [1.82, 2.24) is 4.72 Å². The molecule has 1 amide bonds. The van der Waals surface area contributed by atoms with Gasteiger partial charge in [-0.05, 0) is 37.4 Å². The molecule has 2 rings (SSSR count). The molecular weight excluding hydrogens is 397 g/mol. The summed E-state index contributed by atoms with van der Waals surface area (Å²) in [4.78, 5) is 33.7. The predicted molar refractivity (Wildman–Crippen MR) is 94.7 cm³/mol. The highest BCUT2D eigenvalue weighted by Crippen LogP contribution is 2.24. The van der Waals surface area contributed by atoms with Crippen LogP contribution in [0.25, 0.3) is 0 Å². The molecule has 148 valence electrons. The van der Waals surface area contributed by atoms with Gasteiger partial charge in [-0.2, -0.15) is 0 Å². The molecule has 2 aromatic rings. The van der Waals surface area contributed by atoms with Gasteiger partial charge in [0.1, 0.15) is 11.5 Å². The van der Waals surface area contributed by atoms with Crippen LogP contribution in [0, 0.1) is 15.9 Å².